The average molecular weight is 382 g/mol. The molecule has 1 aromatic carbocycles. The highest BCUT2D eigenvalue weighted by Gasteiger charge is 2.29. The minimum Gasteiger partial charge on any atom is -0.503 e. The molecule has 0 aliphatic rings. The van der Waals surface area contributed by atoms with Crippen molar-refractivity contribution in [2.75, 3.05) is 13.2 Å². The highest BCUT2D eigenvalue weighted by Crippen LogP contribution is 2.46. The predicted molar refractivity (Wildman–Crippen MR) is 105 cm³/mol. The number of phenols is 1. The minimum atomic E-state index is -1.17. The number of carboxylic acids is 1. The molecular formula is C21H34O6. The maximum absolute atomic E-state index is 12.0. The summed E-state index contributed by atoms with van der Waals surface area (Å²) < 4.78 is 5.80. The molecule has 0 aliphatic carbocycles. The van der Waals surface area contributed by atoms with E-state index in [1.165, 1.54) is 0 Å². The molecular weight excluding hydrogens is 348 g/mol. The number of rotatable bonds is 14. The molecule has 0 atom stereocenters. The third kappa shape index (κ3) is 6.31. The lowest BCUT2D eigenvalue weighted by Gasteiger charge is -2.22. The lowest BCUT2D eigenvalue weighted by atomic mass is 9.90. The van der Waals surface area contributed by atoms with E-state index in [0.29, 0.717) is 30.8 Å². The smallest absolute Gasteiger partial charge is 0.339 e. The van der Waals surface area contributed by atoms with Gasteiger partial charge in [0.25, 0.3) is 0 Å². The minimum absolute atomic E-state index is 0.0400. The van der Waals surface area contributed by atoms with Gasteiger partial charge < -0.3 is 19.8 Å². The van der Waals surface area contributed by atoms with Crippen molar-refractivity contribution in [3.05, 3.63) is 16.7 Å². The van der Waals surface area contributed by atoms with Crippen molar-refractivity contribution in [1.29, 1.82) is 0 Å². The van der Waals surface area contributed by atoms with Gasteiger partial charge in [-0.15, -0.1) is 0 Å². The Labute approximate surface area is 162 Å². The maximum atomic E-state index is 12.0. The number of ether oxygens (including phenoxy) is 1. The first-order valence-electron chi connectivity index (χ1n) is 10.1. The van der Waals surface area contributed by atoms with Crippen LogP contribution in [0.5, 0.6) is 17.2 Å². The van der Waals surface area contributed by atoms with Crippen molar-refractivity contribution in [3.8, 4) is 17.2 Å². The van der Waals surface area contributed by atoms with E-state index < -0.39 is 11.7 Å². The van der Waals surface area contributed by atoms with Crippen LogP contribution >= 0.6 is 0 Å². The van der Waals surface area contributed by atoms with E-state index >= 15 is 0 Å². The van der Waals surface area contributed by atoms with Gasteiger partial charge >= 0.3 is 5.97 Å². The van der Waals surface area contributed by atoms with Gasteiger partial charge in [0.15, 0.2) is 11.5 Å². The molecule has 0 radical (unpaired) electrons. The Balaban J connectivity index is 3.58. The summed E-state index contributed by atoms with van der Waals surface area (Å²) in [4.78, 5) is 22.2. The molecule has 1 rings (SSSR count). The summed E-state index contributed by atoms with van der Waals surface area (Å²) in [5, 5.41) is 20.4. The van der Waals surface area contributed by atoms with Gasteiger partial charge in [-0.25, -0.2) is 4.79 Å². The Kier molecular flexibility index (Phi) is 10.6. The molecule has 0 unspecified atom stereocenters. The van der Waals surface area contributed by atoms with E-state index in [4.69, 9.17) is 14.5 Å². The Hall–Kier alpha value is -1.95. The first-order valence-corrected chi connectivity index (χ1v) is 10.1. The summed E-state index contributed by atoms with van der Waals surface area (Å²) >= 11 is 0. The van der Waals surface area contributed by atoms with E-state index in [2.05, 4.69) is 13.8 Å². The van der Waals surface area contributed by atoms with Crippen LogP contribution in [0, 0.1) is 0 Å². The van der Waals surface area contributed by atoms with Crippen molar-refractivity contribution in [2.24, 2.45) is 0 Å². The molecule has 6 nitrogen and oxygen atoms in total. The van der Waals surface area contributed by atoms with Crippen LogP contribution in [0.3, 0.4) is 0 Å². The van der Waals surface area contributed by atoms with E-state index in [9.17, 15) is 15.0 Å². The zero-order valence-electron chi connectivity index (χ0n) is 17.1. The van der Waals surface area contributed by atoms with E-state index in [1.54, 1.807) is 6.92 Å². The van der Waals surface area contributed by atoms with Crippen LogP contribution in [0.4, 0.5) is 0 Å². The van der Waals surface area contributed by atoms with E-state index in [0.717, 1.165) is 44.1 Å². The fourth-order valence-electron chi connectivity index (χ4n) is 3.16. The van der Waals surface area contributed by atoms with Crippen LogP contribution in [0.1, 0.15) is 87.7 Å². The number of aromatic carboxylic acids is 1. The zero-order valence-corrected chi connectivity index (χ0v) is 17.1. The molecule has 1 aromatic rings. The van der Waals surface area contributed by atoms with Crippen LogP contribution < -0.4 is 9.62 Å². The number of aromatic hydroxyl groups is 1. The lowest BCUT2D eigenvalue weighted by Crippen LogP contribution is -2.12. The molecule has 0 bridgehead atoms. The number of hydrogen-bond donors (Lipinski definition) is 2. The third-order valence-corrected chi connectivity index (χ3v) is 4.42. The summed E-state index contributed by atoms with van der Waals surface area (Å²) in [7, 11) is 0. The lowest BCUT2D eigenvalue weighted by molar-refractivity contribution is -0.204. The second-order valence-electron chi connectivity index (χ2n) is 6.48. The largest absolute Gasteiger partial charge is 0.503 e. The Morgan fingerprint density at radius 2 is 1.44 bits per heavy atom. The maximum Gasteiger partial charge on any atom is 0.339 e. The summed E-state index contributed by atoms with van der Waals surface area (Å²) in [6.45, 7) is 8.45. The second-order valence-corrected chi connectivity index (χ2v) is 6.48. The van der Waals surface area contributed by atoms with E-state index in [-0.39, 0.29) is 17.9 Å². The monoisotopic (exact) mass is 382 g/mol. The molecule has 0 amide bonds. The Bertz CT molecular complexity index is 597. The highest BCUT2D eigenvalue weighted by molar-refractivity contribution is 5.95. The highest BCUT2D eigenvalue weighted by atomic mass is 17.2. The van der Waals surface area contributed by atoms with Crippen molar-refractivity contribution in [2.45, 2.75) is 79.1 Å². The average Bonchev–Trinajstić information content (AvgIpc) is 2.63. The normalized spacial score (nSPS) is 10.8. The molecule has 2 N–H and O–H groups in total. The van der Waals surface area contributed by atoms with Crippen molar-refractivity contribution < 1.29 is 29.5 Å². The first-order chi connectivity index (χ1) is 13.0. The Morgan fingerprint density at radius 3 is 1.93 bits per heavy atom. The van der Waals surface area contributed by atoms with Crippen LogP contribution in [0.25, 0.3) is 0 Å². The number of carbonyl (C=O) groups is 1. The van der Waals surface area contributed by atoms with Crippen molar-refractivity contribution >= 4 is 5.97 Å². The number of hydrogen-bond acceptors (Lipinski definition) is 5. The third-order valence-electron chi connectivity index (χ3n) is 4.42. The van der Waals surface area contributed by atoms with Gasteiger partial charge in [0, 0.05) is 5.56 Å². The van der Waals surface area contributed by atoms with Crippen LogP contribution in [0.15, 0.2) is 0 Å². The van der Waals surface area contributed by atoms with Crippen LogP contribution in [0.2, 0.25) is 0 Å². The number of benzene rings is 1. The SMILES string of the molecule is CCCCCc1c(CCCCC)c(C(=O)O)c(O)c(OOCC)c1OCC. The van der Waals surface area contributed by atoms with Gasteiger partial charge in [-0.1, -0.05) is 39.5 Å². The summed E-state index contributed by atoms with van der Waals surface area (Å²) in [5.41, 5.74) is 1.36. The Morgan fingerprint density at radius 1 is 0.852 bits per heavy atom. The van der Waals surface area contributed by atoms with Gasteiger partial charge in [0.05, 0.1) is 13.2 Å². The molecule has 0 fully saturated rings. The quantitative estimate of drug-likeness (QED) is 0.258. The van der Waals surface area contributed by atoms with Gasteiger partial charge in [-0.2, -0.15) is 4.89 Å². The van der Waals surface area contributed by atoms with Gasteiger partial charge in [0.2, 0.25) is 5.75 Å². The fraction of sp³-hybridized carbons (Fsp3) is 0.667. The molecule has 0 aromatic heterocycles. The second kappa shape index (κ2) is 12.4. The van der Waals surface area contributed by atoms with E-state index in [1.807, 2.05) is 6.92 Å². The fourth-order valence-corrected chi connectivity index (χ4v) is 3.16. The summed E-state index contributed by atoms with van der Waals surface area (Å²) in [6, 6.07) is 0. The molecule has 0 saturated carbocycles. The van der Waals surface area contributed by atoms with Crippen LogP contribution in [-0.4, -0.2) is 29.4 Å². The molecule has 0 saturated heterocycles. The van der Waals surface area contributed by atoms with Crippen LogP contribution in [-0.2, 0) is 17.7 Å². The van der Waals surface area contributed by atoms with Gasteiger partial charge in [-0.05, 0) is 45.1 Å². The molecule has 0 aliphatic heterocycles. The molecule has 6 heteroatoms. The first kappa shape index (κ1) is 23.1. The summed E-state index contributed by atoms with van der Waals surface area (Å²) in [6.07, 6.45) is 7.14. The number of unbranched alkanes of at least 4 members (excludes halogenated alkanes) is 4. The molecule has 27 heavy (non-hydrogen) atoms. The molecule has 154 valence electrons. The molecule has 0 heterocycles. The predicted octanol–water partition coefficient (Wildman–Crippen LogP) is 5.28. The van der Waals surface area contributed by atoms with Crippen molar-refractivity contribution in [3.63, 3.8) is 0 Å². The van der Waals surface area contributed by atoms with Gasteiger partial charge in [0.1, 0.15) is 5.56 Å². The zero-order chi connectivity index (χ0) is 20.2. The molecule has 0 spiro atoms. The topological polar surface area (TPSA) is 85.2 Å². The summed E-state index contributed by atoms with van der Waals surface area (Å²) in [5.74, 6) is -1.23. The van der Waals surface area contributed by atoms with Gasteiger partial charge in [-0.3, -0.25) is 0 Å². The number of carboxylic acid groups (broad SMARTS) is 1. The standard InChI is InChI=1S/C21H34O6/c1-5-9-11-13-15-16(14-12-10-6-2)19(25-7-3)20(27-26-8-4)18(22)17(15)21(23)24/h22H,5-14H2,1-4H3,(H,23,24). The van der Waals surface area contributed by atoms with Crippen molar-refractivity contribution in [1.82, 2.24) is 0 Å².